The highest BCUT2D eigenvalue weighted by Gasteiger charge is 2.26. The monoisotopic (exact) mass is 300 g/mol. The molecule has 16 heavy (non-hydrogen) atoms. The third-order valence-electron chi connectivity index (χ3n) is 3.56. The van der Waals surface area contributed by atoms with Gasteiger partial charge in [-0.05, 0) is 55.2 Å². The molecule has 1 saturated carbocycles. The molecule has 88 valence electrons. The Balaban J connectivity index is 2.00. The summed E-state index contributed by atoms with van der Waals surface area (Å²) in [5, 5.41) is 0.830. The first kappa shape index (κ1) is 12.4. The van der Waals surface area contributed by atoms with Gasteiger partial charge in [0.15, 0.2) is 0 Å². The molecule has 0 amide bonds. The minimum atomic E-state index is 0.694. The summed E-state index contributed by atoms with van der Waals surface area (Å²) in [5.41, 5.74) is 1.41. The zero-order valence-corrected chi connectivity index (χ0v) is 12.0. The average Bonchev–Trinajstić information content (AvgIpc) is 2.27. The number of hydrogen-bond donors (Lipinski definition) is 0. The Bertz CT molecular complexity index is 333. The number of halogens is 2. The number of alkyl halides is 1. The van der Waals surface area contributed by atoms with E-state index in [-0.39, 0.29) is 0 Å². The van der Waals surface area contributed by atoms with Crippen LogP contribution in [0.3, 0.4) is 0 Å². The molecule has 0 aliphatic heterocycles. The molecular weight excluding hydrogens is 284 g/mol. The molecular formula is C14H18BrCl. The molecule has 0 saturated heterocycles. The van der Waals surface area contributed by atoms with E-state index in [2.05, 4.69) is 35.0 Å². The Morgan fingerprint density at radius 1 is 1.25 bits per heavy atom. The Hall–Kier alpha value is -0.0100. The first-order chi connectivity index (χ1) is 7.65. The van der Waals surface area contributed by atoms with Gasteiger partial charge < -0.3 is 0 Å². The summed E-state index contributed by atoms with van der Waals surface area (Å²) in [6.45, 7) is 2.37. The molecule has 0 nitrogen and oxygen atoms in total. The highest BCUT2D eigenvalue weighted by molar-refractivity contribution is 9.09. The lowest BCUT2D eigenvalue weighted by atomic mass is 9.79. The smallest absolute Gasteiger partial charge is 0.0406 e. The molecule has 3 unspecified atom stereocenters. The highest BCUT2D eigenvalue weighted by Crippen LogP contribution is 2.35. The number of benzene rings is 1. The Morgan fingerprint density at radius 3 is 2.62 bits per heavy atom. The predicted molar refractivity (Wildman–Crippen MR) is 74.4 cm³/mol. The maximum Gasteiger partial charge on any atom is 0.0406 e. The molecule has 0 aromatic heterocycles. The quantitative estimate of drug-likeness (QED) is 0.668. The lowest BCUT2D eigenvalue weighted by molar-refractivity contribution is 0.294. The molecule has 2 heteroatoms. The number of hydrogen-bond acceptors (Lipinski definition) is 0. The van der Waals surface area contributed by atoms with E-state index in [1.54, 1.807) is 0 Å². The molecule has 0 spiro atoms. The maximum absolute atomic E-state index is 5.90. The zero-order chi connectivity index (χ0) is 11.5. The Labute approximate surface area is 112 Å². The fraction of sp³-hybridized carbons (Fsp3) is 0.571. The van der Waals surface area contributed by atoms with Crippen molar-refractivity contribution in [1.29, 1.82) is 0 Å². The Kier molecular flexibility index (Phi) is 4.32. The van der Waals surface area contributed by atoms with Crippen LogP contribution in [-0.4, -0.2) is 4.83 Å². The van der Waals surface area contributed by atoms with E-state index in [1.165, 1.54) is 31.2 Å². The molecule has 0 N–H and O–H groups in total. The van der Waals surface area contributed by atoms with Gasteiger partial charge in [0.25, 0.3) is 0 Å². The molecule has 1 aliphatic rings. The van der Waals surface area contributed by atoms with Crippen LogP contribution in [0.1, 0.15) is 31.7 Å². The van der Waals surface area contributed by atoms with Crippen LogP contribution in [0.5, 0.6) is 0 Å². The fourth-order valence-corrected chi connectivity index (χ4v) is 3.39. The summed E-state index contributed by atoms with van der Waals surface area (Å²) in [6.07, 6.45) is 5.21. The van der Waals surface area contributed by atoms with E-state index >= 15 is 0 Å². The molecule has 0 radical (unpaired) electrons. The summed E-state index contributed by atoms with van der Waals surface area (Å²) in [5.74, 6) is 1.66. The summed E-state index contributed by atoms with van der Waals surface area (Å²) in [4.78, 5) is 0.694. The van der Waals surface area contributed by atoms with Crippen LogP contribution < -0.4 is 0 Å². The second-order valence-corrected chi connectivity index (χ2v) is 6.64. The van der Waals surface area contributed by atoms with Crippen LogP contribution in [0, 0.1) is 11.8 Å². The predicted octanol–water partition coefficient (Wildman–Crippen LogP) is 5.08. The topological polar surface area (TPSA) is 0 Å². The maximum atomic E-state index is 5.90. The molecule has 1 aliphatic carbocycles. The van der Waals surface area contributed by atoms with E-state index in [0.717, 1.165) is 16.9 Å². The lowest BCUT2D eigenvalue weighted by Crippen LogP contribution is -2.25. The SMILES string of the molecule is CC1CCC(Br)C(Cc2ccc(Cl)cc2)C1. The van der Waals surface area contributed by atoms with Crippen molar-refractivity contribution in [3.63, 3.8) is 0 Å². The van der Waals surface area contributed by atoms with E-state index < -0.39 is 0 Å². The van der Waals surface area contributed by atoms with E-state index in [0.29, 0.717) is 4.83 Å². The van der Waals surface area contributed by atoms with Crippen LogP contribution in [0.2, 0.25) is 5.02 Å². The van der Waals surface area contributed by atoms with Gasteiger partial charge in [-0.1, -0.05) is 46.6 Å². The van der Waals surface area contributed by atoms with Gasteiger partial charge in [0.1, 0.15) is 0 Å². The van der Waals surface area contributed by atoms with Crippen LogP contribution in [0.15, 0.2) is 24.3 Å². The first-order valence-electron chi connectivity index (χ1n) is 6.03. The summed E-state index contributed by atoms with van der Waals surface area (Å²) in [6, 6.07) is 8.29. The largest absolute Gasteiger partial charge is 0.0888 e. The molecule has 2 rings (SSSR count). The normalized spacial score (nSPS) is 30.3. The molecule has 1 aromatic rings. The van der Waals surface area contributed by atoms with Gasteiger partial charge in [-0.2, -0.15) is 0 Å². The minimum absolute atomic E-state index is 0.694. The van der Waals surface area contributed by atoms with E-state index in [9.17, 15) is 0 Å². The average molecular weight is 302 g/mol. The minimum Gasteiger partial charge on any atom is -0.0888 e. The highest BCUT2D eigenvalue weighted by atomic mass is 79.9. The standard InChI is InChI=1S/C14H18BrCl/c1-10-2-7-14(15)12(8-10)9-11-3-5-13(16)6-4-11/h3-6,10,12,14H,2,7-9H2,1H3. The zero-order valence-electron chi connectivity index (χ0n) is 9.63. The van der Waals surface area contributed by atoms with Crippen molar-refractivity contribution in [3.8, 4) is 0 Å². The summed E-state index contributed by atoms with van der Waals surface area (Å²) < 4.78 is 0. The van der Waals surface area contributed by atoms with Crippen molar-refractivity contribution in [2.45, 2.75) is 37.4 Å². The number of rotatable bonds is 2. The lowest BCUT2D eigenvalue weighted by Gasteiger charge is -2.31. The summed E-state index contributed by atoms with van der Waals surface area (Å²) >= 11 is 9.73. The van der Waals surface area contributed by atoms with Crippen molar-refractivity contribution in [2.24, 2.45) is 11.8 Å². The second kappa shape index (κ2) is 5.55. The van der Waals surface area contributed by atoms with Gasteiger partial charge in [-0.3, -0.25) is 0 Å². The van der Waals surface area contributed by atoms with Crippen LogP contribution >= 0.6 is 27.5 Å². The fourth-order valence-electron chi connectivity index (χ4n) is 2.60. The van der Waals surface area contributed by atoms with Crippen molar-refractivity contribution in [3.05, 3.63) is 34.9 Å². The molecule has 0 bridgehead atoms. The van der Waals surface area contributed by atoms with Crippen molar-refractivity contribution in [2.75, 3.05) is 0 Å². The van der Waals surface area contributed by atoms with Gasteiger partial charge in [-0.25, -0.2) is 0 Å². The molecule has 0 heterocycles. The van der Waals surface area contributed by atoms with Crippen molar-refractivity contribution < 1.29 is 0 Å². The van der Waals surface area contributed by atoms with Gasteiger partial charge in [0, 0.05) is 9.85 Å². The third kappa shape index (κ3) is 3.24. The van der Waals surface area contributed by atoms with Gasteiger partial charge in [0.2, 0.25) is 0 Å². The van der Waals surface area contributed by atoms with Gasteiger partial charge >= 0.3 is 0 Å². The third-order valence-corrected chi connectivity index (χ3v) is 5.02. The summed E-state index contributed by atoms with van der Waals surface area (Å²) in [7, 11) is 0. The van der Waals surface area contributed by atoms with Crippen molar-refractivity contribution >= 4 is 27.5 Å². The molecule has 1 fully saturated rings. The van der Waals surface area contributed by atoms with E-state index in [1.807, 2.05) is 12.1 Å². The van der Waals surface area contributed by atoms with Crippen LogP contribution in [0.4, 0.5) is 0 Å². The Morgan fingerprint density at radius 2 is 1.94 bits per heavy atom. The van der Waals surface area contributed by atoms with Crippen molar-refractivity contribution in [1.82, 2.24) is 0 Å². The van der Waals surface area contributed by atoms with Gasteiger partial charge in [0.05, 0.1) is 0 Å². The molecule has 3 atom stereocenters. The van der Waals surface area contributed by atoms with Crippen LogP contribution in [-0.2, 0) is 6.42 Å². The second-order valence-electron chi connectivity index (χ2n) is 5.02. The first-order valence-corrected chi connectivity index (χ1v) is 7.33. The van der Waals surface area contributed by atoms with Crippen LogP contribution in [0.25, 0.3) is 0 Å². The van der Waals surface area contributed by atoms with Gasteiger partial charge in [-0.15, -0.1) is 0 Å². The molecule has 1 aromatic carbocycles. The van der Waals surface area contributed by atoms with E-state index in [4.69, 9.17) is 11.6 Å².